The van der Waals surface area contributed by atoms with Crippen molar-refractivity contribution < 1.29 is 10.0 Å². The van der Waals surface area contributed by atoms with Gasteiger partial charge in [-0.3, -0.25) is 4.79 Å². The molecule has 1 saturated carbocycles. The molecule has 5 nitrogen and oxygen atoms in total. The minimum atomic E-state index is -0.807. The summed E-state index contributed by atoms with van der Waals surface area (Å²) in [6.07, 6.45) is 3.96. The van der Waals surface area contributed by atoms with E-state index in [1.165, 1.54) is 0 Å². The van der Waals surface area contributed by atoms with Crippen LogP contribution in [0.1, 0.15) is 59.8 Å². The SMILES string of the molecule is CCC(CC)(CC)NC(=O)C1(C(N)=NO)CC(C)C1. The molecule has 0 aliphatic heterocycles. The smallest absolute Gasteiger partial charge is 0.234 e. The van der Waals surface area contributed by atoms with Gasteiger partial charge in [-0.25, -0.2) is 0 Å². The van der Waals surface area contributed by atoms with Crippen LogP contribution in [0.4, 0.5) is 0 Å². The summed E-state index contributed by atoms with van der Waals surface area (Å²) in [7, 11) is 0. The van der Waals surface area contributed by atoms with Crippen LogP contribution in [0.15, 0.2) is 5.16 Å². The minimum absolute atomic E-state index is 0.0420. The van der Waals surface area contributed by atoms with Gasteiger partial charge in [0.15, 0.2) is 5.84 Å². The molecule has 0 aromatic rings. The maximum atomic E-state index is 12.6. The zero-order chi connectivity index (χ0) is 14.7. The Morgan fingerprint density at radius 3 is 2.16 bits per heavy atom. The average molecular weight is 269 g/mol. The Labute approximate surface area is 115 Å². The Hall–Kier alpha value is -1.26. The van der Waals surface area contributed by atoms with Crippen LogP contribution in [0, 0.1) is 11.3 Å². The van der Waals surface area contributed by atoms with E-state index in [0.29, 0.717) is 18.8 Å². The van der Waals surface area contributed by atoms with Crippen molar-refractivity contribution in [3.8, 4) is 0 Å². The molecule has 4 N–H and O–H groups in total. The summed E-state index contributed by atoms with van der Waals surface area (Å²) in [5, 5.41) is 15.1. The van der Waals surface area contributed by atoms with E-state index >= 15 is 0 Å². The van der Waals surface area contributed by atoms with Crippen LogP contribution in [-0.2, 0) is 4.79 Å². The van der Waals surface area contributed by atoms with E-state index in [2.05, 4.69) is 38.2 Å². The van der Waals surface area contributed by atoms with Crippen molar-refractivity contribution in [2.45, 2.75) is 65.3 Å². The number of nitrogens with zero attached hydrogens (tertiary/aromatic N) is 1. The summed E-state index contributed by atoms with van der Waals surface area (Å²) < 4.78 is 0. The highest BCUT2D eigenvalue weighted by Gasteiger charge is 2.53. The van der Waals surface area contributed by atoms with Crippen molar-refractivity contribution in [3.05, 3.63) is 0 Å². The van der Waals surface area contributed by atoms with Crippen molar-refractivity contribution in [1.82, 2.24) is 5.32 Å². The van der Waals surface area contributed by atoms with Crippen LogP contribution < -0.4 is 11.1 Å². The lowest BCUT2D eigenvalue weighted by molar-refractivity contribution is -0.135. The van der Waals surface area contributed by atoms with Gasteiger partial charge in [0.25, 0.3) is 0 Å². The van der Waals surface area contributed by atoms with Gasteiger partial charge in [0.1, 0.15) is 5.41 Å². The van der Waals surface area contributed by atoms with Gasteiger partial charge in [0.2, 0.25) is 5.91 Å². The highest BCUT2D eigenvalue weighted by molar-refractivity contribution is 6.07. The maximum Gasteiger partial charge on any atom is 0.234 e. The Morgan fingerprint density at radius 1 is 1.37 bits per heavy atom. The fourth-order valence-electron chi connectivity index (χ4n) is 3.11. The summed E-state index contributed by atoms with van der Waals surface area (Å²) in [5.41, 5.74) is 4.77. The van der Waals surface area contributed by atoms with Crippen molar-refractivity contribution in [1.29, 1.82) is 0 Å². The van der Waals surface area contributed by atoms with Crippen molar-refractivity contribution in [2.24, 2.45) is 22.2 Å². The monoisotopic (exact) mass is 269 g/mol. The Morgan fingerprint density at radius 2 is 1.84 bits per heavy atom. The predicted octanol–water partition coefficient (Wildman–Crippen LogP) is 2.23. The largest absolute Gasteiger partial charge is 0.409 e. The molecule has 19 heavy (non-hydrogen) atoms. The van der Waals surface area contributed by atoms with Gasteiger partial charge in [0.05, 0.1) is 0 Å². The van der Waals surface area contributed by atoms with Crippen molar-refractivity contribution >= 4 is 11.7 Å². The van der Waals surface area contributed by atoms with Crippen molar-refractivity contribution in [2.75, 3.05) is 0 Å². The molecule has 110 valence electrons. The van der Waals surface area contributed by atoms with E-state index in [1.807, 2.05) is 0 Å². The van der Waals surface area contributed by atoms with Crippen LogP contribution in [0.25, 0.3) is 0 Å². The van der Waals surface area contributed by atoms with E-state index in [9.17, 15) is 4.79 Å². The lowest BCUT2D eigenvalue weighted by Crippen LogP contribution is -2.61. The molecule has 0 aromatic carbocycles. The number of oxime groups is 1. The zero-order valence-corrected chi connectivity index (χ0v) is 12.5. The van der Waals surface area contributed by atoms with Gasteiger partial charge >= 0.3 is 0 Å². The predicted molar refractivity (Wildman–Crippen MR) is 76.0 cm³/mol. The van der Waals surface area contributed by atoms with E-state index in [-0.39, 0.29) is 17.3 Å². The number of rotatable bonds is 6. The zero-order valence-electron chi connectivity index (χ0n) is 12.5. The molecule has 1 amide bonds. The summed E-state index contributed by atoms with van der Waals surface area (Å²) >= 11 is 0. The third-order valence-corrected chi connectivity index (χ3v) is 4.84. The van der Waals surface area contributed by atoms with Gasteiger partial charge in [-0.2, -0.15) is 0 Å². The number of hydrogen-bond acceptors (Lipinski definition) is 3. The molecule has 1 aliphatic carbocycles. The number of nitrogens with two attached hydrogens (primary N) is 1. The number of amides is 1. The van der Waals surface area contributed by atoms with Gasteiger partial charge in [-0.15, -0.1) is 0 Å². The molecule has 1 aliphatic rings. The lowest BCUT2D eigenvalue weighted by atomic mass is 9.61. The van der Waals surface area contributed by atoms with E-state index in [4.69, 9.17) is 10.9 Å². The molecule has 0 spiro atoms. The molecule has 0 bridgehead atoms. The van der Waals surface area contributed by atoms with E-state index in [0.717, 1.165) is 19.3 Å². The first kappa shape index (κ1) is 15.8. The average Bonchev–Trinajstić information content (AvgIpc) is 2.40. The van der Waals surface area contributed by atoms with Crippen LogP contribution in [0.5, 0.6) is 0 Å². The third kappa shape index (κ3) is 2.69. The van der Waals surface area contributed by atoms with Crippen LogP contribution >= 0.6 is 0 Å². The molecule has 0 radical (unpaired) electrons. The van der Waals surface area contributed by atoms with Gasteiger partial charge in [0, 0.05) is 5.54 Å². The highest BCUT2D eigenvalue weighted by Crippen LogP contribution is 2.46. The topological polar surface area (TPSA) is 87.7 Å². The summed E-state index contributed by atoms with van der Waals surface area (Å²) in [6.45, 7) is 8.30. The molecular formula is C14H27N3O2. The molecule has 5 heteroatoms. The molecule has 1 fully saturated rings. The quantitative estimate of drug-likeness (QED) is 0.299. The number of hydrogen-bond donors (Lipinski definition) is 3. The Balaban J connectivity index is 2.91. The van der Waals surface area contributed by atoms with Crippen LogP contribution in [-0.4, -0.2) is 22.5 Å². The second-order valence-electron chi connectivity index (χ2n) is 5.88. The second-order valence-corrected chi connectivity index (χ2v) is 5.88. The first-order valence-corrected chi connectivity index (χ1v) is 7.20. The normalized spacial score (nSPS) is 27.8. The van der Waals surface area contributed by atoms with Crippen LogP contribution in [0.3, 0.4) is 0 Å². The summed E-state index contributed by atoms with van der Waals surface area (Å²) in [6, 6.07) is 0. The van der Waals surface area contributed by atoms with Crippen molar-refractivity contribution in [3.63, 3.8) is 0 Å². The van der Waals surface area contributed by atoms with Gasteiger partial charge in [-0.05, 0) is 38.0 Å². The standard InChI is InChI=1S/C14H27N3O2/c1-5-13(6-2,7-3)16-12(18)14(11(15)17-19)8-10(4)9-14/h10,19H,5-9H2,1-4H3,(H2,15,17)(H,16,18). The first-order valence-electron chi connectivity index (χ1n) is 7.20. The molecule has 0 heterocycles. The highest BCUT2D eigenvalue weighted by atomic mass is 16.4. The van der Waals surface area contributed by atoms with E-state index < -0.39 is 5.41 Å². The van der Waals surface area contributed by atoms with E-state index in [1.54, 1.807) is 0 Å². The van der Waals surface area contributed by atoms with Crippen LogP contribution in [0.2, 0.25) is 0 Å². The Bertz CT molecular complexity index is 347. The third-order valence-electron chi connectivity index (χ3n) is 4.84. The summed E-state index contributed by atoms with van der Waals surface area (Å²) in [4.78, 5) is 12.6. The maximum absolute atomic E-state index is 12.6. The molecule has 0 atom stereocenters. The molecule has 0 unspecified atom stereocenters. The fraction of sp³-hybridized carbons (Fsp3) is 0.857. The number of carbonyl (C=O) groups is 1. The minimum Gasteiger partial charge on any atom is -0.409 e. The summed E-state index contributed by atoms with van der Waals surface area (Å²) in [5.74, 6) is 0.386. The first-order chi connectivity index (χ1) is 8.89. The lowest BCUT2D eigenvalue weighted by Gasteiger charge is -2.46. The molecule has 0 saturated heterocycles. The van der Waals surface area contributed by atoms with Gasteiger partial charge < -0.3 is 16.3 Å². The molecule has 0 aromatic heterocycles. The number of carbonyl (C=O) groups excluding carboxylic acids is 1. The Kier molecular flexibility index (Phi) is 4.82. The molecular weight excluding hydrogens is 242 g/mol. The number of nitrogens with one attached hydrogen (secondary N) is 1. The number of amidine groups is 1. The van der Waals surface area contributed by atoms with Gasteiger partial charge in [-0.1, -0.05) is 32.9 Å². The fourth-order valence-corrected chi connectivity index (χ4v) is 3.11. The second kappa shape index (κ2) is 5.80. The molecule has 1 rings (SSSR count).